The highest BCUT2D eigenvalue weighted by Crippen LogP contribution is 2.36. The smallest absolute Gasteiger partial charge is 0.127 e. The average Bonchev–Trinajstić information content (AvgIpc) is 2.61. The molecule has 0 aliphatic rings. The predicted molar refractivity (Wildman–Crippen MR) is 89.2 cm³/mol. The molecule has 0 spiro atoms. The van der Waals surface area contributed by atoms with Gasteiger partial charge in [0.05, 0.1) is 7.11 Å². The van der Waals surface area contributed by atoms with Gasteiger partial charge in [-0.1, -0.05) is 66.7 Å². The number of hydrogen-bond donors (Lipinski definition) is 0. The van der Waals surface area contributed by atoms with Gasteiger partial charge in [0.1, 0.15) is 18.1 Å². The third kappa shape index (κ3) is 3.12. The minimum atomic E-state index is 0.549. The molecule has 2 heteroatoms. The molecule has 0 amide bonds. The van der Waals surface area contributed by atoms with Crippen molar-refractivity contribution in [3.8, 4) is 22.6 Å². The van der Waals surface area contributed by atoms with Crippen molar-refractivity contribution in [2.75, 3.05) is 7.11 Å². The van der Waals surface area contributed by atoms with Crippen LogP contribution in [0.15, 0.2) is 78.9 Å². The van der Waals surface area contributed by atoms with Crippen molar-refractivity contribution in [2.24, 2.45) is 0 Å². The van der Waals surface area contributed by atoms with Gasteiger partial charge in [0.25, 0.3) is 0 Å². The molecule has 0 N–H and O–H groups in total. The minimum Gasteiger partial charge on any atom is -0.496 e. The van der Waals surface area contributed by atoms with Crippen molar-refractivity contribution in [2.45, 2.75) is 6.61 Å². The summed E-state index contributed by atoms with van der Waals surface area (Å²) in [5.74, 6) is 1.70. The molecule has 22 heavy (non-hydrogen) atoms. The van der Waals surface area contributed by atoms with Crippen LogP contribution in [0.1, 0.15) is 5.56 Å². The number of hydrogen-bond acceptors (Lipinski definition) is 2. The van der Waals surface area contributed by atoms with Gasteiger partial charge >= 0.3 is 0 Å². The van der Waals surface area contributed by atoms with Crippen LogP contribution in [-0.4, -0.2) is 7.11 Å². The molecule has 0 fully saturated rings. The zero-order valence-corrected chi connectivity index (χ0v) is 12.5. The molecule has 0 unspecified atom stereocenters. The van der Waals surface area contributed by atoms with E-state index in [2.05, 4.69) is 18.2 Å². The number of methoxy groups -OCH3 is 1. The van der Waals surface area contributed by atoms with Gasteiger partial charge < -0.3 is 9.47 Å². The van der Waals surface area contributed by atoms with Gasteiger partial charge in [-0.05, 0) is 17.7 Å². The predicted octanol–water partition coefficient (Wildman–Crippen LogP) is 4.94. The maximum Gasteiger partial charge on any atom is 0.127 e. The van der Waals surface area contributed by atoms with Crippen LogP contribution in [-0.2, 0) is 6.61 Å². The van der Waals surface area contributed by atoms with Crippen LogP contribution < -0.4 is 9.47 Å². The van der Waals surface area contributed by atoms with Gasteiger partial charge in [-0.3, -0.25) is 0 Å². The molecule has 0 saturated heterocycles. The highest BCUT2D eigenvalue weighted by Gasteiger charge is 2.10. The normalized spacial score (nSPS) is 10.2. The Labute approximate surface area is 131 Å². The lowest BCUT2D eigenvalue weighted by molar-refractivity contribution is 0.307. The van der Waals surface area contributed by atoms with Gasteiger partial charge in [0.15, 0.2) is 0 Å². The van der Waals surface area contributed by atoms with E-state index in [1.807, 2.05) is 60.7 Å². The molecule has 3 aromatic carbocycles. The highest BCUT2D eigenvalue weighted by atomic mass is 16.5. The van der Waals surface area contributed by atoms with Crippen LogP contribution >= 0.6 is 0 Å². The first-order valence-corrected chi connectivity index (χ1v) is 7.27. The summed E-state index contributed by atoms with van der Waals surface area (Å²) in [6.45, 7) is 0.549. The Hall–Kier alpha value is -2.74. The van der Waals surface area contributed by atoms with Gasteiger partial charge in [0, 0.05) is 11.1 Å². The van der Waals surface area contributed by atoms with Gasteiger partial charge in [-0.2, -0.15) is 0 Å². The molecular formula is C20H18O2. The van der Waals surface area contributed by atoms with Crippen molar-refractivity contribution in [1.29, 1.82) is 0 Å². The Morgan fingerprint density at radius 1 is 0.636 bits per heavy atom. The summed E-state index contributed by atoms with van der Waals surface area (Å²) in [7, 11) is 1.69. The Kier molecular flexibility index (Phi) is 4.40. The Morgan fingerprint density at radius 2 is 1.18 bits per heavy atom. The van der Waals surface area contributed by atoms with E-state index in [1.165, 1.54) is 0 Å². The zero-order valence-electron chi connectivity index (χ0n) is 12.5. The van der Waals surface area contributed by atoms with Gasteiger partial charge in [-0.15, -0.1) is 0 Å². The van der Waals surface area contributed by atoms with E-state index in [-0.39, 0.29) is 0 Å². The lowest BCUT2D eigenvalue weighted by Crippen LogP contribution is -1.97. The standard InChI is InChI=1S/C20H18O2/c1-21-19-13-7-5-11-17(19)18-12-6-8-14-20(18)22-15-16-9-3-2-4-10-16/h2-14H,15H2,1H3. The zero-order chi connectivity index (χ0) is 15.2. The van der Waals surface area contributed by atoms with Crippen LogP contribution in [0.4, 0.5) is 0 Å². The van der Waals surface area contributed by atoms with Crippen LogP contribution in [0.3, 0.4) is 0 Å². The van der Waals surface area contributed by atoms with Crippen molar-refractivity contribution in [3.05, 3.63) is 84.4 Å². The first kappa shape index (κ1) is 14.2. The molecule has 3 rings (SSSR count). The summed E-state index contributed by atoms with van der Waals surface area (Å²) in [6, 6.07) is 26.2. The van der Waals surface area contributed by atoms with Gasteiger partial charge in [0.2, 0.25) is 0 Å². The first-order chi connectivity index (χ1) is 10.9. The maximum atomic E-state index is 6.02. The fourth-order valence-electron chi connectivity index (χ4n) is 2.42. The van der Waals surface area contributed by atoms with E-state index in [0.717, 1.165) is 28.2 Å². The van der Waals surface area contributed by atoms with Crippen LogP contribution in [0, 0.1) is 0 Å². The van der Waals surface area contributed by atoms with Crippen molar-refractivity contribution in [1.82, 2.24) is 0 Å². The first-order valence-electron chi connectivity index (χ1n) is 7.27. The summed E-state index contributed by atoms with van der Waals surface area (Å²) in [5.41, 5.74) is 3.22. The lowest BCUT2D eigenvalue weighted by Gasteiger charge is -2.14. The molecule has 3 aromatic rings. The van der Waals surface area contributed by atoms with E-state index in [1.54, 1.807) is 7.11 Å². The summed E-state index contributed by atoms with van der Waals surface area (Å²) in [6.07, 6.45) is 0. The largest absolute Gasteiger partial charge is 0.496 e. The van der Waals surface area contributed by atoms with Crippen LogP contribution in [0.5, 0.6) is 11.5 Å². The van der Waals surface area contributed by atoms with Crippen molar-refractivity contribution in [3.63, 3.8) is 0 Å². The molecule has 0 radical (unpaired) electrons. The Morgan fingerprint density at radius 3 is 1.86 bits per heavy atom. The van der Waals surface area contributed by atoms with E-state index < -0.39 is 0 Å². The fourth-order valence-corrected chi connectivity index (χ4v) is 2.42. The van der Waals surface area contributed by atoms with E-state index in [4.69, 9.17) is 9.47 Å². The fraction of sp³-hybridized carbons (Fsp3) is 0.100. The topological polar surface area (TPSA) is 18.5 Å². The van der Waals surface area contributed by atoms with E-state index >= 15 is 0 Å². The molecule has 2 nitrogen and oxygen atoms in total. The minimum absolute atomic E-state index is 0.549. The number of benzene rings is 3. The molecular weight excluding hydrogens is 272 g/mol. The second-order valence-electron chi connectivity index (χ2n) is 4.97. The molecule has 0 aromatic heterocycles. The second kappa shape index (κ2) is 6.81. The quantitative estimate of drug-likeness (QED) is 0.662. The molecule has 110 valence electrons. The third-order valence-electron chi connectivity index (χ3n) is 3.52. The van der Waals surface area contributed by atoms with Crippen molar-refractivity contribution < 1.29 is 9.47 Å². The summed E-state index contributed by atoms with van der Waals surface area (Å²) < 4.78 is 11.5. The summed E-state index contributed by atoms with van der Waals surface area (Å²) in [4.78, 5) is 0. The average molecular weight is 290 g/mol. The van der Waals surface area contributed by atoms with Crippen molar-refractivity contribution >= 4 is 0 Å². The summed E-state index contributed by atoms with van der Waals surface area (Å²) in [5, 5.41) is 0. The second-order valence-corrected chi connectivity index (χ2v) is 4.97. The molecule has 0 saturated carbocycles. The lowest BCUT2D eigenvalue weighted by atomic mass is 10.0. The Balaban J connectivity index is 1.90. The van der Waals surface area contributed by atoms with Crippen LogP contribution in [0.25, 0.3) is 11.1 Å². The molecule has 0 aliphatic heterocycles. The monoisotopic (exact) mass is 290 g/mol. The number of ether oxygens (including phenoxy) is 2. The maximum absolute atomic E-state index is 6.02. The molecule has 0 atom stereocenters. The third-order valence-corrected chi connectivity index (χ3v) is 3.52. The van der Waals surface area contributed by atoms with Gasteiger partial charge in [-0.25, -0.2) is 0 Å². The van der Waals surface area contributed by atoms with Crippen LogP contribution in [0.2, 0.25) is 0 Å². The Bertz CT molecular complexity index is 735. The molecule has 0 heterocycles. The molecule has 0 bridgehead atoms. The summed E-state index contributed by atoms with van der Waals surface area (Å²) >= 11 is 0. The SMILES string of the molecule is COc1ccccc1-c1ccccc1OCc1ccccc1. The molecule has 0 aliphatic carbocycles. The van der Waals surface area contributed by atoms with E-state index in [0.29, 0.717) is 6.61 Å². The van der Waals surface area contributed by atoms with E-state index in [9.17, 15) is 0 Å². The number of para-hydroxylation sites is 2. The highest BCUT2D eigenvalue weighted by molar-refractivity contribution is 5.75. The number of rotatable bonds is 5.